The maximum absolute atomic E-state index is 13.2. The van der Waals surface area contributed by atoms with Gasteiger partial charge in [0.25, 0.3) is 0 Å². The van der Waals surface area contributed by atoms with Crippen LogP contribution in [0.25, 0.3) is 0 Å². The molecular weight excluding hydrogens is 344 g/mol. The Balaban J connectivity index is 1.66. The van der Waals surface area contributed by atoms with Gasteiger partial charge in [-0.1, -0.05) is 46.6 Å². The van der Waals surface area contributed by atoms with Crippen LogP contribution in [0, 0.1) is 23.7 Å². The standard InChI is InChI=1S/C26H36O2/c1-17(2)7-5-9-19-11-13-21-23(15-19)25(27)22-14-12-20(10-6-8-18(3)4)16-24(22)26(21)28/h7-8,11-12,21-24H,5-6,9-10,13-16H2,1-4H3. The van der Waals surface area contributed by atoms with Gasteiger partial charge in [0.05, 0.1) is 0 Å². The molecule has 0 amide bonds. The molecule has 0 aliphatic heterocycles. The highest BCUT2D eigenvalue weighted by Gasteiger charge is 2.50. The monoisotopic (exact) mass is 380 g/mol. The molecule has 152 valence electrons. The number of hydrogen-bond donors (Lipinski definition) is 0. The van der Waals surface area contributed by atoms with E-state index in [1.165, 1.54) is 22.3 Å². The summed E-state index contributed by atoms with van der Waals surface area (Å²) in [7, 11) is 0. The van der Waals surface area contributed by atoms with Crippen molar-refractivity contribution in [1.29, 1.82) is 0 Å². The Hall–Kier alpha value is -1.70. The van der Waals surface area contributed by atoms with Crippen LogP contribution >= 0.6 is 0 Å². The topological polar surface area (TPSA) is 34.1 Å². The molecular formula is C26H36O2. The van der Waals surface area contributed by atoms with Gasteiger partial charge in [-0.25, -0.2) is 0 Å². The van der Waals surface area contributed by atoms with E-state index in [-0.39, 0.29) is 23.7 Å². The highest BCUT2D eigenvalue weighted by Crippen LogP contribution is 2.46. The first-order chi connectivity index (χ1) is 13.4. The summed E-state index contributed by atoms with van der Waals surface area (Å²) in [4.78, 5) is 26.5. The van der Waals surface area contributed by atoms with Crippen molar-refractivity contribution in [3.63, 3.8) is 0 Å². The fourth-order valence-electron chi connectivity index (χ4n) is 5.21. The van der Waals surface area contributed by atoms with Crippen LogP contribution in [0.2, 0.25) is 0 Å². The van der Waals surface area contributed by atoms with Crippen molar-refractivity contribution in [2.45, 2.75) is 79.1 Å². The van der Waals surface area contributed by atoms with Crippen LogP contribution < -0.4 is 0 Å². The first-order valence-corrected chi connectivity index (χ1v) is 11.1. The summed E-state index contributed by atoms with van der Waals surface area (Å²) in [6.45, 7) is 8.50. The van der Waals surface area contributed by atoms with Gasteiger partial charge < -0.3 is 0 Å². The van der Waals surface area contributed by atoms with Crippen molar-refractivity contribution in [3.8, 4) is 0 Å². The van der Waals surface area contributed by atoms with Crippen LogP contribution in [0.15, 0.2) is 46.6 Å². The Morgan fingerprint density at radius 3 is 1.50 bits per heavy atom. The average molecular weight is 381 g/mol. The number of hydrogen-bond acceptors (Lipinski definition) is 2. The first-order valence-electron chi connectivity index (χ1n) is 11.1. The lowest BCUT2D eigenvalue weighted by Gasteiger charge is -2.43. The van der Waals surface area contributed by atoms with Crippen LogP contribution in [0.4, 0.5) is 0 Å². The zero-order chi connectivity index (χ0) is 20.3. The number of Topliss-reactive ketones (excluding diaryl/α,β-unsaturated/α-hetero) is 2. The normalized spacial score (nSPS) is 29.3. The molecule has 4 atom stereocenters. The third kappa shape index (κ3) is 4.82. The average Bonchev–Trinajstić information content (AvgIpc) is 2.65. The van der Waals surface area contributed by atoms with E-state index in [4.69, 9.17) is 0 Å². The largest absolute Gasteiger partial charge is 0.299 e. The van der Waals surface area contributed by atoms with Gasteiger partial charge in [0.15, 0.2) is 0 Å². The first kappa shape index (κ1) is 21.0. The summed E-state index contributed by atoms with van der Waals surface area (Å²) in [5.74, 6) is 0.530. The molecule has 3 aliphatic carbocycles. The van der Waals surface area contributed by atoms with Crippen molar-refractivity contribution >= 4 is 11.6 Å². The SMILES string of the molecule is CC(C)=CCCC1=CCC2C(=O)C3CC(CCC=C(C)C)=CCC3C(=O)C2C1. The molecule has 0 N–H and O–H groups in total. The molecule has 0 saturated heterocycles. The molecule has 2 heteroatoms. The van der Waals surface area contributed by atoms with E-state index in [0.29, 0.717) is 11.6 Å². The highest BCUT2D eigenvalue weighted by molar-refractivity contribution is 6.00. The number of carbonyl (C=O) groups excluding carboxylic acids is 2. The zero-order valence-electron chi connectivity index (χ0n) is 18.1. The quantitative estimate of drug-likeness (QED) is 0.490. The molecule has 1 saturated carbocycles. The van der Waals surface area contributed by atoms with Crippen molar-refractivity contribution in [2.75, 3.05) is 0 Å². The van der Waals surface area contributed by atoms with Gasteiger partial charge in [-0.2, -0.15) is 0 Å². The molecule has 2 nitrogen and oxygen atoms in total. The van der Waals surface area contributed by atoms with Gasteiger partial charge in [-0.05, 0) is 79.1 Å². The van der Waals surface area contributed by atoms with Crippen molar-refractivity contribution in [2.24, 2.45) is 23.7 Å². The van der Waals surface area contributed by atoms with Crippen molar-refractivity contribution < 1.29 is 9.59 Å². The molecule has 0 heterocycles. The summed E-state index contributed by atoms with van der Waals surface area (Å²) in [6.07, 6.45) is 16.4. The lowest BCUT2D eigenvalue weighted by molar-refractivity contribution is -0.147. The number of allylic oxidation sites excluding steroid dienone is 8. The highest BCUT2D eigenvalue weighted by atomic mass is 16.1. The Kier molecular flexibility index (Phi) is 6.91. The van der Waals surface area contributed by atoms with E-state index in [1.54, 1.807) is 0 Å². The second-order valence-corrected chi connectivity index (χ2v) is 9.48. The summed E-state index contributed by atoms with van der Waals surface area (Å²) >= 11 is 0. The number of fused-ring (bicyclic) bond motifs is 2. The van der Waals surface area contributed by atoms with Crippen LogP contribution in [0.5, 0.6) is 0 Å². The van der Waals surface area contributed by atoms with Crippen LogP contribution in [0.1, 0.15) is 79.1 Å². The van der Waals surface area contributed by atoms with Crippen LogP contribution in [-0.2, 0) is 9.59 Å². The van der Waals surface area contributed by atoms with E-state index < -0.39 is 0 Å². The molecule has 3 aliphatic rings. The smallest absolute Gasteiger partial charge is 0.141 e. The zero-order valence-corrected chi connectivity index (χ0v) is 18.1. The second-order valence-electron chi connectivity index (χ2n) is 9.48. The summed E-state index contributed by atoms with van der Waals surface area (Å²) in [5.41, 5.74) is 5.45. The Labute approximate surface area is 170 Å². The summed E-state index contributed by atoms with van der Waals surface area (Å²) in [6, 6.07) is 0. The Bertz CT molecular complexity index is 674. The van der Waals surface area contributed by atoms with Gasteiger partial charge in [-0.15, -0.1) is 0 Å². The third-order valence-corrected chi connectivity index (χ3v) is 6.75. The van der Waals surface area contributed by atoms with E-state index in [9.17, 15) is 9.59 Å². The van der Waals surface area contributed by atoms with Crippen molar-refractivity contribution in [1.82, 2.24) is 0 Å². The fourth-order valence-corrected chi connectivity index (χ4v) is 5.21. The lowest BCUT2D eigenvalue weighted by atomic mass is 9.58. The van der Waals surface area contributed by atoms with E-state index in [0.717, 1.165) is 51.4 Å². The number of rotatable bonds is 6. The third-order valence-electron chi connectivity index (χ3n) is 6.75. The summed E-state index contributed by atoms with van der Waals surface area (Å²) < 4.78 is 0. The van der Waals surface area contributed by atoms with Gasteiger partial charge >= 0.3 is 0 Å². The van der Waals surface area contributed by atoms with Gasteiger partial charge in [0.1, 0.15) is 11.6 Å². The predicted octanol–water partition coefficient (Wildman–Crippen LogP) is 6.54. The minimum absolute atomic E-state index is 0.0546. The van der Waals surface area contributed by atoms with Crippen molar-refractivity contribution in [3.05, 3.63) is 46.6 Å². The molecule has 4 unspecified atom stereocenters. The van der Waals surface area contributed by atoms with Gasteiger partial charge in [0.2, 0.25) is 0 Å². The number of carbonyl (C=O) groups is 2. The maximum Gasteiger partial charge on any atom is 0.141 e. The van der Waals surface area contributed by atoms with Gasteiger partial charge in [-0.3, -0.25) is 9.59 Å². The molecule has 0 aromatic carbocycles. The molecule has 0 bridgehead atoms. The van der Waals surface area contributed by atoms with E-state index in [1.807, 2.05) is 0 Å². The summed E-state index contributed by atoms with van der Waals surface area (Å²) in [5, 5.41) is 0. The van der Waals surface area contributed by atoms with Crippen LogP contribution in [0.3, 0.4) is 0 Å². The molecule has 28 heavy (non-hydrogen) atoms. The predicted molar refractivity (Wildman–Crippen MR) is 116 cm³/mol. The Morgan fingerprint density at radius 2 is 1.14 bits per heavy atom. The van der Waals surface area contributed by atoms with Gasteiger partial charge in [0, 0.05) is 23.7 Å². The molecule has 0 spiro atoms. The maximum atomic E-state index is 13.2. The number of ketones is 2. The minimum atomic E-state index is -0.0573. The molecule has 0 aromatic rings. The van der Waals surface area contributed by atoms with Crippen LogP contribution in [-0.4, -0.2) is 11.6 Å². The molecule has 3 rings (SSSR count). The van der Waals surface area contributed by atoms with E-state index >= 15 is 0 Å². The second kappa shape index (κ2) is 9.20. The lowest BCUT2D eigenvalue weighted by Crippen LogP contribution is -2.49. The minimum Gasteiger partial charge on any atom is -0.299 e. The molecule has 0 aromatic heterocycles. The molecule has 1 fully saturated rings. The fraction of sp³-hybridized carbons (Fsp3) is 0.615. The van der Waals surface area contributed by atoms with E-state index in [2.05, 4.69) is 52.0 Å². The molecule has 0 radical (unpaired) electrons. The Morgan fingerprint density at radius 1 is 0.750 bits per heavy atom.